The molecule has 0 saturated heterocycles. The minimum absolute atomic E-state index is 0.239. The van der Waals surface area contributed by atoms with Gasteiger partial charge < -0.3 is 14.6 Å². The van der Waals surface area contributed by atoms with Crippen LogP contribution in [0.4, 0.5) is 0 Å². The van der Waals surface area contributed by atoms with Crippen molar-refractivity contribution < 1.29 is 19.4 Å². The molecule has 0 radical (unpaired) electrons. The van der Waals surface area contributed by atoms with Crippen molar-refractivity contribution in [2.45, 2.75) is 5.03 Å². The number of carboxylic acids is 1. The number of hydrogen-bond acceptors (Lipinski definition) is 5. The van der Waals surface area contributed by atoms with Gasteiger partial charge in [0.25, 0.3) is 0 Å². The van der Waals surface area contributed by atoms with Crippen LogP contribution >= 0.6 is 11.8 Å². The minimum Gasteiger partial charge on any atom is -0.497 e. The van der Waals surface area contributed by atoms with Crippen LogP contribution < -0.4 is 9.47 Å². The third-order valence-electron chi connectivity index (χ3n) is 2.64. The number of carboxylic acid groups (broad SMARTS) is 1. The number of benzene rings is 1. The van der Waals surface area contributed by atoms with Gasteiger partial charge in [0, 0.05) is 11.9 Å². The lowest BCUT2D eigenvalue weighted by atomic mass is 10.3. The number of nitrogens with zero attached hydrogens (tertiary/aromatic N) is 1. The molecule has 110 valence electrons. The zero-order chi connectivity index (χ0) is 15.1. The Morgan fingerprint density at radius 3 is 2.62 bits per heavy atom. The van der Waals surface area contributed by atoms with E-state index in [0.29, 0.717) is 17.4 Å². The van der Waals surface area contributed by atoms with Crippen LogP contribution in [0.5, 0.6) is 11.5 Å². The Hall–Kier alpha value is -2.21. The average Bonchev–Trinajstić information content (AvgIpc) is 2.52. The van der Waals surface area contributed by atoms with E-state index in [-0.39, 0.29) is 5.56 Å². The van der Waals surface area contributed by atoms with Gasteiger partial charge in [0.2, 0.25) is 0 Å². The van der Waals surface area contributed by atoms with Crippen molar-refractivity contribution in [3.8, 4) is 11.5 Å². The molecule has 0 spiro atoms. The van der Waals surface area contributed by atoms with Gasteiger partial charge in [0.1, 0.15) is 11.5 Å². The van der Waals surface area contributed by atoms with E-state index >= 15 is 0 Å². The van der Waals surface area contributed by atoms with E-state index in [1.165, 1.54) is 24.0 Å². The van der Waals surface area contributed by atoms with Crippen LogP contribution in [0.25, 0.3) is 0 Å². The summed E-state index contributed by atoms with van der Waals surface area (Å²) in [7, 11) is 1.62. The highest BCUT2D eigenvalue weighted by atomic mass is 32.2. The lowest BCUT2D eigenvalue weighted by molar-refractivity contribution is 0.0696. The molecule has 0 fully saturated rings. The highest BCUT2D eigenvalue weighted by Crippen LogP contribution is 2.19. The Bertz CT molecular complexity index is 601. The topological polar surface area (TPSA) is 68.7 Å². The molecule has 2 rings (SSSR count). The average molecular weight is 305 g/mol. The second kappa shape index (κ2) is 7.54. The summed E-state index contributed by atoms with van der Waals surface area (Å²) in [6.45, 7) is 0.510. The molecule has 1 heterocycles. The van der Waals surface area contributed by atoms with Gasteiger partial charge >= 0.3 is 5.97 Å². The molecule has 0 unspecified atom stereocenters. The van der Waals surface area contributed by atoms with Gasteiger partial charge in [0.05, 0.1) is 24.3 Å². The first kappa shape index (κ1) is 15.2. The van der Waals surface area contributed by atoms with Crippen LogP contribution in [0.15, 0.2) is 47.6 Å². The van der Waals surface area contributed by atoms with E-state index < -0.39 is 5.97 Å². The second-order valence-corrected chi connectivity index (χ2v) is 5.18. The second-order valence-electron chi connectivity index (χ2n) is 4.06. The van der Waals surface area contributed by atoms with Crippen molar-refractivity contribution in [1.29, 1.82) is 0 Å². The summed E-state index contributed by atoms with van der Waals surface area (Å²) in [6, 6.07) is 10.4. The summed E-state index contributed by atoms with van der Waals surface area (Å²) in [6.07, 6.45) is 1.50. The van der Waals surface area contributed by atoms with E-state index in [2.05, 4.69) is 4.98 Å². The molecule has 0 aliphatic rings. The predicted octanol–water partition coefficient (Wildman–Crippen LogP) is 2.96. The summed E-state index contributed by atoms with van der Waals surface area (Å²) in [5.41, 5.74) is 0.239. The largest absolute Gasteiger partial charge is 0.497 e. The van der Waals surface area contributed by atoms with Gasteiger partial charge in [-0.05, 0) is 36.4 Å². The standard InChI is InChI=1S/C15H15NO4S/c1-19-12-2-4-13(5-3-12)20-8-9-21-14-10-11(15(17)18)6-7-16-14/h2-7,10H,8-9H2,1H3,(H,17,18). The number of methoxy groups -OCH3 is 1. The molecule has 0 saturated carbocycles. The van der Waals surface area contributed by atoms with Crippen molar-refractivity contribution in [3.63, 3.8) is 0 Å². The van der Waals surface area contributed by atoms with E-state index in [9.17, 15) is 4.79 Å². The molecule has 0 amide bonds. The van der Waals surface area contributed by atoms with Crippen molar-refractivity contribution in [3.05, 3.63) is 48.2 Å². The molecule has 1 aromatic heterocycles. The lowest BCUT2D eigenvalue weighted by Crippen LogP contribution is -2.01. The van der Waals surface area contributed by atoms with Crippen molar-refractivity contribution in [1.82, 2.24) is 4.98 Å². The summed E-state index contributed by atoms with van der Waals surface area (Å²) in [5.74, 6) is 1.28. The molecule has 0 aliphatic carbocycles. The van der Waals surface area contributed by atoms with Crippen LogP contribution in [0.3, 0.4) is 0 Å². The van der Waals surface area contributed by atoms with Gasteiger partial charge in [-0.3, -0.25) is 0 Å². The first-order valence-electron chi connectivity index (χ1n) is 6.28. The van der Waals surface area contributed by atoms with Gasteiger partial charge in [-0.25, -0.2) is 9.78 Å². The van der Waals surface area contributed by atoms with Gasteiger partial charge in [0.15, 0.2) is 0 Å². The quantitative estimate of drug-likeness (QED) is 0.626. The molecule has 0 atom stereocenters. The molecule has 0 bridgehead atoms. The summed E-state index contributed by atoms with van der Waals surface area (Å²) in [5, 5.41) is 9.57. The van der Waals surface area contributed by atoms with Crippen molar-refractivity contribution in [2.24, 2.45) is 0 Å². The fourth-order valence-electron chi connectivity index (χ4n) is 1.60. The zero-order valence-corrected chi connectivity index (χ0v) is 12.3. The summed E-state index contributed by atoms with van der Waals surface area (Å²) < 4.78 is 10.7. The Kier molecular flexibility index (Phi) is 5.45. The smallest absolute Gasteiger partial charge is 0.335 e. The lowest BCUT2D eigenvalue weighted by Gasteiger charge is -2.07. The first-order chi connectivity index (χ1) is 10.2. The molecule has 6 heteroatoms. The van der Waals surface area contributed by atoms with Gasteiger partial charge in [-0.1, -0.05) is 0 Å². The van der Waals surface area contributed by atoms with Crippen molar-refractivity contribution in [2.75, 3.05) is 19.5 Å². The summed E-state index contributed by atoms with van der Waals surface area (Å²) >= 11 is 1.45. The van der Waals surface area contributed by atoms with Crippen LogP contribution in [0.2, 0.25) is 0 Å². The number of aromatic nitrogens is 1. The predicted molar refractivity (Wildman–Crippen MR) is 80.4 cm³/mol. The molecule has 21 heavy (non-hydrogen) atoms. The van der Waals surface area contributed by atoms with Crippen LogP contribution in [0.1, 0.15) is 10.4 Å². The number of thioether (sulfide) groups is 1. The number of aromatic carboxylic acids is 1. The van der Waals surface area contributed by atoms with Crippen LogP contribution in [-0.2, 0) is 0 Å². The first-order valence-corrected chi connectivity index (χ1v) is 7.26. The summed E-state index contributed by atoms with van der Waals surface area (Å²) in [4.78, 5) is 15.0. The maximum Gasteiger partial charge on any atom is 0.335 e. The van der Waals surface area contributed by atoms with E-state index in [1.54, 1.807) is 13.2 Å². The maximum atomic E-state index is 10.8. The molecule has 1 aromatic carbocycles. The number of hydrogen-bond donors (Lipinski definition) is 1. The number of pyridine rings is 1. The Morgan fingerprint density at radius 1 is 1.24 bits per heavy atom. The Labute approximate surface area is 126 Å². The van der Waals surface area contributed by atoms with Gasteiger partial charge in [-0.15, -0.1) is 11.8 Å². The fourth-order valence-corrected chi connectivity index (χ4v) is 2.32. The zero-order valence-electron chi connectivity index (χ0n) is 11.5. The minimum atomic E-state index is -0.950. The molecule has 0 aliphatic heterocycles. The maximum absolute atomic E-state index is 10.8. The molecule has 5 nitrogen and oxygen atoms in total. The highest BCUT2D eigenvalue weighted by molar-refractivity contribution is 7.99. The van der Waals surface area contributed by atoms with Crippen LogP contribution in [-0.4, -0.2) is 35.5 Å². The molecular weight excluding hydrogens is 290 g/mol. The SMILES string of the molecule is COc1ccc(OCCSc2cc(C(=O)O)ccn2)cc1. The third kappa shape index (κ3) is 4.68. The Balaban J connectivity index is 1.78. The van der Waals surface area contributed by atoms with E-state index in [1.807, 2.05) is 24.3 Å². The van der Waals surface area contributed by atoms with E-state index in [0.717, 1.165) is 11.5 Å². The molecule has 2 aromatic rings. The van der Waals surface area contributed by atoms with E-state index in [4.69, 9.17) is 14.6 Å². The van der Waals surface area contributed by atoms with Crippen molar-refractivity contribution >= 4 is 17.7 Å². The monoisotopic (exact) mass is 305 g/mol. The highest BCUT2D eigenvalue weighted by Gasteiger charge is 2.04. The molecule has 1 N–H and O–H groups in total. The number of rotatable bonds is 7. The van der Waals surface area contributed by atoms with Gasteiger partial charge in [-0.2, -0.15) is 0 Å². The Morgan fingerprint density at radius 2 is 1.95 bits per heavy atom. The molecular formula is C15H15NO4S. The van der Waals surface area contributed by atoms with Crippen LogP contribution in [0, 0.1) is 0 Å². The number of carbonyl (C=O) groups is 1. The third-order valence-corrected chi connectivity index (χ3v) is 3.53. The normalized spacial score (nSPS) is 10.1. The fraction of sp³-hybridized carbons (Fsp3) is 0.200. The number of ether oxygens (including phenoxy) is 2.